The highest BCUT2D eigenvalue weighted by atomic mass is 35.5. The first-order valence-electron chi connectivity index (χ1n) is 6.44. The molecular weight excluding hydrogens is 288 g/mol. The zero-order valence-electron chi connectivity index (χ0n) is 11.1. The number of phenolic OH excluding ortho intramolecular Hbond substituents is 1. The fourth-order valence-electron chi connectivity index (χ4n) is 1.96. The number of hydrogen-bond acceptors (Lipinski definition) is 3. The fourth-order valence-corrected chi connectivity index (χ4v) is 2.20. The highest BCUT2D eigenvalue weighted by Crippen LogP contribution is 2.28. The molecule has 0 aliphatic heterocycles. The maximum atomic E-state index is 9.51. The van der Waals surface area contributed by atoms with Gasteiger partial charge in [-0.3, -0.25) is 0 Å². The van der Waals surface area contributed by atoms with Crippen LogP contribution in [0.4, 0.5) is 0 Å². The van der Waals surface area contributed by atoms with Gasteiger partial charge in [0, 0.05) is 6.07 Å². The van der Waals surface area contributed by atoms with Crippen LogP contribution in [-0.4, -0.2) is 14.9 Å². The first kappa shape index (κ1) is 13.5. The lowest BCUT2D eigenvalue weighted by Crippen LogP contribution is -1.97. The Morgan fingerprint density at radius 3 is 2.67 bits per heavy atom. The molecule has 5 heteroatoms. The molecule has 0 atom stereocenters. The molecule has 4 nitrogen and oxygen atoms in total. The third-order valence-electron chi connectivity index (χ3n) is 2.99. The second-order valence-corrected chi connectivity index (χ2v) is 4.86. The summed E-state index contributed by atoms with van der Waals surface area (Å²) < 4.78 is 7.19. The van der Waals surface area contributed by atoms with Gasteiger partial charge < -0.3 is 9.84 Å². The molecule has 0 spiro atoms. The number of halogens is 1. The van der Waals surface area contributed by atoms with Crippen LogP contribution < -0.4 is 4.74 Å². The van der Waals surface area contributed by atoms with Gasteiger partial charge in [0.05, 0.1) is 11.9 Å². The Kier molecular flexibility index (Phi) is 3.79. The van der Waals surface area contributed by atoms with Crippen LogP contribution in [0.1, 0.15) is 5.56 Å². The van der Waals surface area contributed by atoms with Crippen LogP contribution in [0.2, 0.25) is 5.15 Å². The predicted molar refractivity (Wildman–Crippen MR) is 81.0 cm³/mol. The number of aromatic hydroxyl groups is 1. The van der Waals surface area contributed by atoms with Crippen molar-refractivity contribution >= 4 is 11.6 Å². The van der Waals surface area contributed by atoms with Gasteiger partial charge in [-0.25, -0.2) is 4.68 Å². The molecule has 106 valence electrons. The van der Waals surface area contributed by atoms with E-state index in [1.54, 1.807) is 30.5 Å². The molecule has 3 rings (SSSR count). The Morgan fingerprint density at radius 1 is 1.10 bits per heavy atom. The number of nitrogens with zero attached hydrogens (tertiary/aromatic N) is 2. The smallest absolute Gasteiger partial charge is 0.177 e. The van der Waals surface area contributed by atoms with Gasteiger partial charge in [-0.1, -0.05) is 48.0 Å². The summed E-state index contributed by atoms with van der Waals surface area (Å²) in [6, 6.07) is 16.5. The zero-order valence-corrected chi connectivity index (χ0v) is 11.9. The number of rotatable bonds is 4. The zero-order chi connectivity index (χ0) is 14.7. The van der Waals surface area contributed by atoms with Gasteiger partial charge in [0.2, 0.25) is 0 Å². The van der Waals surface area contributed by atoms with Crippen molar-refractivity contribution in [3.8, 4) is 17.2 Å². The molecule has 1 N–H and O–H groups in total. The third-order valence-corrected chi connectivity index (χ3v) is 3.34. The average molecular weight is 301 g/mol. The van der Waals surface area contributed by atoms with Crippen molar-refractivity contribution in [3.63, 3.8) is 0 Å². The lowest BCUT2D eigenvalue weighted by atomic mass is 10.2. The summed E-state index contributed by atoms with van der Waals surface area (Å²) in [5.74, 6) is 0.662. The maximum absolute atomic E-state index is 9.51. The highest BCUT2D eigenvalue weighted by molar-refractivity contribution is 6.31. The van der Waals surface area contributed by atoms with Crippen LogP contribution in [0.5, 0.6) is 11.5 Å². The summed E-state index contributed by atoms with van der Waals surface area (Å²) in [5, 5.41) is 14.1. The largest absolute Gasteiger partial charge is 0.508 e. The molecule has 0 saturated carbocycles. The standard InChI is InChI=1S/C16H13ClN2O2/c17-16-15(21-11-12-5-2-1-3-6-12)10-18-19(16)13-7-4-8-14(20)9-13/h1-10,20H,11H2. The molecule has 21 heavy (non-hydrogen) atoms. The molecule has 0 amide bonds. The van der Waals surface area contributed by atoms with Crippen molar-refractivity contribution < 1.29 is 9.84 Å². The van der Waals surface area contributed by atoms with Crippen molar-refractivity contribution in [2.75, 3.05) is 0 Å². The molecule has 0 aliphatic carbocycles. The number of phenols is 1. The van der Waals surface area contributed by atoms with E-state index in [4.69, 9.17) is 16.3 Å². The summed E-state index contributed by atoms with van der Waals surface area (Å²) >= 11 is 6.27. The molecule has 1 aromatic heterocycles. The molecule has 2 aromatic carbocycles. The molecule has 3 aromatic rings. The van der Waals surface area contributed by atoms with Crippen LogP contribution in [-0.2, 0) is 6.61 Å². The van der Waals surface area contributed by atoms with Crippen LogP contribution in [0.3, 0.4) is 0 Å². The SMILES string of the molecule is Oc1cccc(-n2ncc(OCc3ccccc3)c2Cl)c1. The van der Waals surface area contributed by atoms with Gasteiger partial charge in [0.15, 0.2) is 10.9 Å². The monoisotopic (exact) mass is 300 g/mol. The van der Waals surface area contributed by atoms with Gasteiger partial charge >= 0.3 is 0 Å². The molecule has 1 heterocycles. The van der Waals surface area contributed by atoms with Gasteiger partial charge in [-0.2, -0.15) is 5.10 Å². The molecule has 0 saturated heterocycles. The summed E-state index contributed by atoms with van der Waals surface area (Å²) in [5.41, 5.74) is 1.73. The van der Waals surface area contributed by atoms with E-state index in [-0.39, 0.29) is 5.75 Å². The fraction of sp³-hybridized carbons (Fsp3) is 0.0625. The van der Waals surface area contributed by atoms with Crippen molar-refractivity contribution in [1.82, 2.24) is 9.78 Å². The van der Waals surface area contributed by atoms with Crippen LogP contribution in [0.25, 0.3) is 5.69 Å². The third kappa shape index (κ3) is 3.01. The number of aromatic nitrogens is 2. The van der Waals surface area contributed by atoms with Gasteiger partial charge in [0.1, 0.15) is 12.4 Å². The highest BCUT2D eigenvalue weighted by Gasteiger charge is 2.11. The first-order chi connectivity index (χ1) is 10.2. The summed E-state index contributed by atoms with van der Waals surface area (Å²) in [6.07, 6.45) is 1.56. The van der Waals surface area contributed by atoms with E-state index in [1.807, 2.05) is 30.3 Å². The van der Waals surface area contributed by atoms with Gasteiger partial charge in [-0.15, -0.1) is 0 Å². The van der Waals surface area contributed by atoms with Gasteiger partial charge in [0.25, 0.3) is 0 Å². The van der Waals surface area contributed by atoms with Crippen molar-refractivity contribution in [2.24, 2.45) is 0 Å². The maximum Gasteiger partial charge on any atom is 0.177 e. The van der Waals surface area contributed by atoms with E-state index in [1.165, 1.54) is 4.68 Å². The Bertz CT molecular complexity index is 741. The molecule has 0 radical (unpaired) electrons. The number of hydrogen-bond donors (Lipinski definition) is 1. The lowest BCUT2D eigenvalue weighted by Gasteiger charge is -2.06. The topological polar surface area (TPSA) is 47.3 Å². The molecule has 0 unspecified atom stereocenters. The van der Waals surface area contributed by atoms with E-state index in [2.05, 4.69) is 5.10 Å². The van der Waals surface area contributed by atoms with E-state index in [9.17, 15) is 5.11 Å². The van der Waals surface area contributed by atoms with E-state index < -0.39 is 0 Å². The molecular formula is C16H13ClN2O2. The Labute approximate surface area is 127 Å². The van der Waals surface area contributed by atoms with Crippen molar-refractivity contribution in [3.05, 3.63) is 71.5 Å². The predicted octanol–water partition coefficient (Wildman–Crippen LogP) is 3.81. The minimum absolute atomic E-state index is 0.158. The van der Waals surface area contributed by atoms with Crippen molar-refractivity contribution in [1.29, 1.82) is 0 Å². The second-order valence-electron chi connectivity index (χ2n) is 4.51. The quantitative estimate of drug-likeness (QED) is 0.797. The molecule has 0 fully saturated rings. The molecule has 0 bridgehead atoms. The Balaban J connectivity index is 1.80. The normalized spacial score (nSPS) is 10.5. The van der Waals surface area contributed by atoms with Gasteiger partial charge in [-0.05, 0) is 17.7 Å². The minimum atomic E-state index is 0.158. The Morgan fingerprint density at radius 2 is 1.90 bits per heavy atom. The number of benzene rings is 2. The Hall–Kier alpha value is -2.46. The van der Waals surface area contributed by atoms with Crippen LogP contribution in [0.15, 0.2) is 60.8 Å². The molecule has 0 aliphatic rings. The van der Waals surface area contributed by atoms with E-state index in [0.29, 0.717) is 23.2 Å². The lowest BCUT2D eigenvalue weighted by molar-refractivity contribution is 0.306. The van der Waals surface area contributed by atoms with Crippen molar-refractivity contribution in [2.45, 2.75) is 6.61 Å². The first-order valence-corrected chi connectivity index (χ1v) is 6.81. The number of ether oxygens (including phenoxy) is 1. The van der Waals surface area contributed by atoms with E-state index >= 15 is 0 Å². The van der Waals surface area contributed by atoms with Crippen LogP contribution in [0, 0.1) is 0 Å². The second kappa shape index (κ2) is 5.89. The minimum Gasteiger partial charge on any atom is -0.508 e. The summed E-state index contributed by atoms with van der Waals surface area (Å²) in [6.45, 7) is 0.423. The summed E-state index contributed by atoms with van der Waals surface area (Å²) in [4.78, 5) is 0. The average Bonchev–Trinajstić information content (AvgIpc) is 2.87. The van der Waals surface area contributed by atoms with Crippen LogP contribution >= 0.6 is 11.6 Å². The van der Waals surface area contributed by atoms with E-state index in [0.717, 1.165) is 5.56 Å². The summed E-state index contributed by atoms with van der Waals surface area (Å²) in [7, 11) is 0.